The molecule has 6 nitrogen and oxygen atoms in total. The van der Waals surface area contributed by atoms with Crippen LogP contribution in [0, 0.1) is 0 Å². The Labute approximate surface area is 464 Å². The number of hydrogen-bond acceptors (Lipinski definition) is 5. The number of ether oxygens (including phenoxy) is 1. The molecule has 0 rings (SSSR count). The van der Waals surface area contributed by atoms with E-state index in [0.29, 0.717) is 25.9 Å². The molecule has 0 aromatic rings. The van der Waals surface area contributed by atoms with Gasteiger partial charge in [-0.3, -0.25) is 9.59 Å². The molecular formula is C68H135NO5. The molecule has 442 valence electrons. The van der Waals surface area contributed by atoms with Gasteiger partial charge in [0.1, 0.15) is 0 Å². The predicted molar refractivity (Wildman–Crippen MR) is 324 cm³/mol. The van der Waals surface area contributed by atoms with Gasteiger partial charge in [0.05, 0.1) is 25.4 Å². The molecule has 0 spiro atoms. The first-order valence-electron chi connectivity index (χ1n) is 34.3. The number of nitrogens with one attached hydrogen (secondary N) is 1. The fourth-order valence-electron chi connectivity index (χ4n) is 11.2. The van der Waals surface area contributed by atoms with Crippen LogP contribution in [-0.4, -0.2) is 47.4 Å². The highest BCUT2D eigenvalue weighted by atomic mass is 16.5. The molecule has 2 atom stereocenters. The molecule has 1 amide bonds. The van der Waals surface area contributed by atoms with E-state index in [1.807, 2.05) is 0 Å². The number of rotatable bonds is 65. The van der Waals surface area contributed by atoms with Gasteiger partial charge in [0.2, 0.25) is 5.91 Å². The monoisotopic (exact) mass is 1050 g/mol. The van der Waals surface area contributed by atoms with Crippen molar-refractivity contribution in [1.82, 2.24) is 5.32 Å². The van der Waals surface area contributed by atoms with Crippen molar-refractivity contribution in [3.05, 3.63) is 0 Å². The Bertz CT molecular complexity index is 1070. The summed E-state index contributed by atoms with van der Waals surface area (Å²) in [5.41, 5.74) is 0. The average Bonchev–Trinajstić information content (AvgIpc) is 3.40. The van der Waals surface area contributed by atoms with Gasteiger partial charge in [0, 0.05) is 12.8 Å². The molecule has 0 aliphatic rings. The zero-order valence-corrected chi connectivity index (χ0v) is 50.6. The number of aliphatic hydroxyl groups is 2. The molecule has 2 unspecified atom stereocenters. The number of aliphatic hydroxyl groups excluding tert-OH is 2. The van der Waals surface area contributed by atoms with Gasteiger partial charge in [-0.25, -0.2) is 0 Å². The smallest absolute Gasteiger partial charge is 0.305 e. The summed E-state index contributed by atoms with van der Waals surface area (Å²) in [6, 6.07) is -0.537. The fraction of sp³-hybridized carbons (Fsp3) is 0.971. The summed E-state index contributed by atoms with van der Waals surface area (Å²) in [7, 11) is 0. The van der Waals surface area contributed by atoms with Crippen molar-refractivity contribution in [1.29, 1.82) is 0 Å². The van der Waals surface area contributed by atoms with E-state index in [1.165, 1.54) is 327 Å². The molecular weight excluding hydrogens is 911 g/mol. The Morgan fingerprint density at radius 3 is 0.824 bits per heavy atom. The van der Waals surface area contributed by atoms with E-state index >= 15 is 0 Å². The maximum Gasteiger partial charge on any atom is 0.305 e. The first-order valence-corrected chi connectivity index (χ1v) is 34.3. The van der Waals surface area contributed by atoms with E-state index in [9.17, 15) is 19.8 Å². The van der Waals surface area contributed by atoms with Gasteiger partial charge in [-0.15, -0.1) is 0 Å². The highest BCUT2D eigenvalue weighted by molar-refractivity contribution is 5.76. The molecule has 0 bridgehead atoms. The Morgan fingerprint density at radius 1 is 0.324 bits per heavy atom. The Morgan fingerprint density at radius 2 is 0.554 bits per heavy atom. The Balaban J connectivity index is 3.31. The predicted octanol–water partition coefficient (Wildman–Crippen LogP) is 21.8. The summed E-state index contributed by atoms with van der Waals surface area (Å²) in [4.78, 5) is 24.5. The van der Waals surface area contributed by atoms with E-state index in [0.717, 1.165) is 38.5 Å². The molecule has 0 aliphatic carbocycles. The molecule has 0 aliphatic heterocycles. The van der Waals surface area contributed by atoms with Crippen molar-refractivity contribution in [2.45, 2.75) is 411 Å². The van der Waals surface area contributed by atoms with E-state index in [1.54, 1.807) is 0 Å². The molecule has 74 heavy (non-hydrogen) atoms. The van der Waals surface area contributed by atoms with E-state index < -0.39 is 12.1 Å². The van der Waals surface area contributed by atoms with Crippen molar-refractivity contribution < 1.29 is 24.5 Å². The van der Waals surface area contributed by atoms with Crippen molar-refractivity contribution in [3.8, 4) is 0 Å². The van der Waals surface area contributed by atoms with Crippen LogP contribution in [0.2, 0.25) is 0 Å². The molecule has 6 heteroatoms. The molecule has 0 saturated heterocycles. The van der Waals surface area contributed by atoms with Gasteiger partial charge in [0.15, 0.2) is 0 Å². The average molecular weight is 1050 g/mol. The molecule has 0 fully saturated rings. The minimum atomic E-state index is -0.660. The van der Waals surface area contributed by atoms with Crippen LogP contribution in [0.15, 0.2) is 0 Å². The number of hydrogen-bond donors (Lipinski definition) is 3. The van der Waals surface area contributed by atoms with E-state index in [-0.39, 0.29) is 18.5 Å². The Kier molecular flexibility index (Phi) is 63.4. The highest BCUT2D eigenvalue weighted by Gasteiger charge is 2.20. The number of unbranched alkanes of at least 4 members (excludes halogenated alkanes) is 54. The third-order valence-electron chi connectivity index (χ3n) is 16.4. The molecule has 0 saturated carbocycles. The van der Waals surface area contributed by atoms with Gasteiger partial charge >= 0.3 is 5.97 Å². The number of esters is 1. The van der Waals surface area contributed by atoms with Gasteiger partial charge < -0.3 is 20.3 Å². The van der Waals surface area contributed by atoms with Crippen LogP contribution in [0.3, 0.4) is 0 Å². The van der Waals surface area contributed by atoms with Gasteiger partial charge in [0.25, 0.3) is 0 Å². The lowest BCUT2D eigenvalue weighted by molar-refractivity contribution is -0.143. The Hall–Kier alpha value is -1.14. The lowest BCUT2D eigenvalue weighted by Crippen LogP contribution is -2.45. The normalized spacial score (nSPS) is 12.4. The van der Waals surface area contributed by atoms with E-state index in [2.05, 4.69) is 19.2 Å². The van der Waals surface area contributed by atoms with Crippen molar-refractivity contribution >= 4 is 11.9 Å². The van der Waals surface area contributed by atoms with Crippen LogP contribution in [0.5, 0.6) is 0 Å². The third-order valence-corrected chi connectivity index (χ3v) is 16.4. The fourth-order valence-corrected chi connectivity index (χ4v) is 11.2. The van der Waals surface area contributed by atoms with Crippen LogP contribution >= 0.6 is 0 Å². The topological polar surface area (TPSA) is 95.9 Å². The van der Waals surface area contributed by atoms with Crippen molar-refractivity contribution in [3.63, 3.8) is 0 Å². The molecule has 0 radical (unpaired) electrons. The second kappa shape index (κ2) is 64.4. The van der Waals surface area contributed by atoms with Crippen LogP contribution in [-0.2, 0) is 14.3 Å². The molecule has 0 heterocycles. The zero-order chi connectivity index (χ0) is 53.6. The molecule has 0 aromatic heterocycles. The summed E-state index contributed by atoms with van der Waals surface area (Å²) in [6.07, 6.45) is 77.2. The molecule has 0 aromatic carbocycles. The second-order valence-electron chi connectivity index (χ2n) is 23.9. The van der Waals surface area contributed by atoms with Crippen molar-refractivity contribution in [2.75, 3.05) is 13.2 Å². The highest BCUT2D eigenvalue weighted by Crippen LogP contribution is 2.19. The van der Waals surface area contributed by atoms with Crippen LogP contribution in [0.4, 0.5) is 0 Å². The summed E-state index contributed by atoms with van der Waals surface area (Å²) >= 11 is 0. The van der Waals surface area contributed by atoms with Gasteiger partial charge in [-0.1, -0.05) is 361 Å². The maximum atomic E-state index is 12.5. The third kappa shape index (κ3) is 60.1. The van der Waals surface area contributed by atoms with Crippen LogP contribution in [0.25, 0.3) is 0 Å². The summed E-state index contributed by atoms with van der Waals surface area (Å²) < 4.78 is 5.48. The maximum absolute atomic E-state index is 12.5. The number of carbonyl (C=O) groups is 2. The summed E-state index contributed by atoms with van der Waals surface area (Å²) in [5, 5.41) is 23.3. The van der Waals surface area contributed by atoms with Crippen LogP contribution in [0.1, 0.15) is 399 Å². The van der Waals surface area contributed by atoms with E-state index in [4.69, 9.17) is 4.74 Å². The quantitative estimate of drug-likeness (QED) is 0.0417. The van der Waals surface area contributed by atoms with Gasteiger partial charge in [-0.05, 0) is 25.7 Å². The standard InChI is InChI=1S/C68H135NO5/c1-3-5-7-9-11-13-15-17-34-37-40-44-48-52-56-60-66(71)65(64-70)69-67(72)61-57-53-49-45-41-38-35-32-30-28-26-24-22-20-18-19-21-23-25-27-29-31-33-36-39-43-47-51-55-59-63-74-68(73)62-58-54-50-46-42-16-14-12-10-8-6-4-2/h65-66,70-71H,3-64H2,1-2H3,(H,69,72). The lowest BCUT2D eigenvalue weighted by Gasteiger charge is -2.22. The summed E-state index contributed by atoms with van der Waals surface area (Å²) in [5.74, 6) is -0.00564. The SMILES string of the molecule is CCCCCCCCCCCCCCCCCC(O)C(CO)NC(=O)CCCCCCCCCCCCCCCCCCCCCCCCCCCCCCCCOC(=O)CCCCCCCCCCCCCC. The first kappa shape index (κ1) is 72.9. The lowest BCUT2D eigenvalue weighted by atomic mass is 10.0. The summed E-state index contributed by atoms with van der Waals surface area (Å²) in [6.45, 7) is 4.99. The second-order valence-corrected chi connectivity index (χ2v) is 23.9. The largest absolute Gasteiger partial charge is 0.466 e. The van der Waals surface area contributed by atoms with Crippen LogP contribution < -0.4 is 5.32 Å². The minimum Gasteiger partial charge on any atom is -0.466 e. The number of carbonyl (C=O) groups excluding carboxylic acids is 2. The van der Waals surface area contributed by atoms with Gasteiger partial charge in [-0.2, -0.15) is 0 Å². The first-order chi connectivity index (χ1) is 36.5. The molecule has 3 N–H and O–H groups in total. The number of amides is 1. The minimum absolute atomic E-state index is 0.0218. The van der Waals surface area contributed by atoms with Crippen molar-refractivity contribution in [2.24, 2.45) is 0 Å². The zero-order valence-electron chi connectivity index (χ0n) is 50.6.